The Hall–Kier alpha value is -5.34. The van der Waals surface area contributed by atoms with Gasteiger partial charge in [0.25, 0.3) is 5.91 Å². The molecule has 4 aromatic rings. The highest BCUT2D eigenvalue weighted by Gasteiger charge is 2.44. The van der Waals surface area contributed by atoms with E-state index in [9.17, 15) is 19.5 Å². The van der Waals surface area contributed by atoms with Gasteiger partial charge in [0.2, 0.25) is 0 Å². The highest BCUT2D eigenvalue weighted by molar-refractivity contribution is 5.85. The number of pyridine rings is 1. The predicted molar refractivity (Wildman–Crippen MR) is 204 cm³/mol. The smallest absolute Gasteiger partial charge is 0.408 e. The van der Waals surface area contributed by atoms with Gasteiger partial charge in [-0.25, -0.2) is 14.6 Å². The number of aromatic nitrogens is 1. The zero-order valence-corrected chi connectivity index (χ0v) is 31.1. The number of nitrogens with one attached hydrogen (secondary N) is 3. The first-order chi connectivity index (χ1) is 26.7. The van der Waals surface area contributed by atoms with E-state index in [4.69, 9.17) is 18.9 Å². The minimum absolute atomic E-state index is 0.0452. The molecule has 2 saturated heterocycles. The number of ether oxygens (including phenoxy) is 4. The number of amides is 3. The molecule has 2 aliphatic heterocycles. The number of hydrazine groups is 1. The number of benzene rings is 3. The Labute approximate surface area is 321 Å². The summed E-state index contributed by atoms with van der Waals surface area (Å²) in [5.41, 5.74) is 7.22. The van der Waals surface area contributed by atoms with Gasteiger partial charge in [-0.3, -0.25) is 15.2 Å². The Morgan fingerprint density at radius 3 is 2.25 bits per heavy atom. The molecule has 0 radical (unpaired) electrons. The second kappa shape index (κ2) is 19.3. The molecule has 290 valence electrons. The third-order valence-electron chi connectivity index (χ3n) is 9.71. The first-order valence-electron chi connectivity index (χ1n) is 18.7. The Bertz CT molecular complexity index is 1820. The number of hydrogen-bond donors (Lipinski definition) is 4. The van der Waals surface area contributed by atoms with E-state index in [0.29, 0.717) is 6.61 Å². The van der Waals surface area contributed by atoms with Crippen LogP contribution < -0.4 is 16.1 Å². The molecule has 13 heteroatoms. The molecule has 6 unspecified atom stereocenters. The van der Waals surface area contributed by atoms with Crippen molar-refractivity contribution in [3.05, 3.63) is 126 Å². The Balaban J connectivity index is 1.18. The summed E-state index contributed by atoms with van der Waals surface area (Å²) < 4.78 is 22.4. The topological polar surface area (TPSA) is 161 Å². The summed E-state index contributed by atoms with van der Waals surface area (Å²) in [6.07, 6.45) is -0.687. The zero-order chi connectivity index (χ0) is 38.6. The number of aliphatic hydroxyl groups is 1. The van der Waals surface area contributed by atoms with Crippen LogP contribution in [-0.2, 0) is 43.3 Å². The van der Waals surface area contributed by atoms with Crippen LogP contribution in [-0.4, -0.2) is 83.5 Å². The summed E-state index contributed by atoms with van der Waals surface area (Å²) >= 11 is 0. The number of carbonyl (C=O) groups excluding carboxylic acids is 3. The predicted octanol–water partition coefficient (Wildman–Crippen LogP) is 4.99. The molecule has 3 aromatic carbocycles. The van der Waals surface area contributed by atoms with E-state index >= 15 is 0 Å². The Morgan fingerprint density at radius 1 is 0.855 bits per heavy atom. The molecule has 3 heterocycles. The lowest BCUT2D eigenvalue weighted by Gasteiger charge is -2.32. The van der Waals surface area contributed by atoms with Crippen molar-refractivity contribution < 1.29 is 38.4 Å². The Kier molecular flexibility index (Phi) is 13.8. The number of rotatable bonds is 16. The third kappa shape index (κ3) is 11.3. The van der Waals surface area contributed by atoms with E-state index in [0.717, 1.165) is 34.4 Å². The van der Waals surface area contributed by atoms with Crippen molar-refractivity contribution in [2.24, 2.45) is 11.8 Å². The van der Waals surface area contributed by atoms with Crippen molar-refractivity contribution >= 4 is 18.1 Å². The molecule has 2 fully saturated rings. The average Bonchev–Trinajstić information content (AvgIpc) is 3.82. The summed E-state index contributed by atoms with van der Waals surface area (Å²) in [6, 6.07) is 30.4. The van der Waals surface area contributed by atoms with Crippen LogP contribution in [0.3, 0.4) is 0 Å². The molecular weight excluding hydrogens is 702 g/mol. The van der Waals surface area contributed by atoms with Crippen LogP contribution in [0.1, 0.15) is 37.0 Å². The van der Waals surface area contributed by atoms with E-state index in [-0.39, 0.29) is 50.8 Å². The lowest BCUT2D eigenvalue weighted by molar-refractivity contribution is -0.130. The molecule has 13 nitrogen and oxygen atoms in total. The highest BCUT2D eigenvalue weighted by Crippen LogP contribution is 2.33. The normalized spacial score (nSPS) is 19.3. The zero-order valence-electron chi connectivity index (χ0n) is 31.1. The lowest BCUT2D eigenvalue weighted by Crippen LogP contribution is -2.57. The number of carbonyl (C=O) groups is 3. The maximum atomic E-state index is 13.9. The fourth-order valence-electron chi connectivity index (χ4n) is 6.71. The van der Waals surface area contributed by atoms with Crippen LogP contribution in [0.4, 0.5) is 9.59 Å². The van der Waals surface area contributed by atoms with Gasteiger partial charge in [0.15, 0.2) is 6.29 Å². The molecule has 0 bridgehead atoms. The van der Waals surface area contributed by atoms with Crippen molar-refractivity contribution in [3.8, 4) is 11.3 Å². The van der Waals surface area contributed by atoms with Gasteiger partial charge in [0, 0.05) is 24.8 Å². The second-order valence-electron chi connectivity index (χ2n) is 14.2. The van der Waals surface area contributed by atoms with E-state index in [1.807, 2.05) is 117 Å². The number of fused-ring (bicyclic) bond motifs is 1. The van der Waals surface area contributed by atoms with Crippen LogP contribution in [0.25, 0.3) is 11.3 Å². The maximum absolute atomic E-state index is 13.9. The number of alkyl carbamates (subject to hydrolysis) is 2. The molecule has 0 spiro atoms. The standard InChI is InChI=1S/C42H49N5O8/c1-28(2)38(45-41(50)54-26-31-13-7-4-8-14-31)39(49)46-47(24-30-16-18-32(19-17-30)34-15-9-10-21-43-34)25-36(48)35(23-29-11-5-3-6-12-29)44-42(51)55-37-27-53-40-33(37)20-22-52-40/h3-19,21,28,33,35-38,40,48H,20,22-27H2,1-2H3,(H,44,51)(H,45,50)(H,46,49). The second-order valence-corrected chi connectivity index (χ2v) is 14.2. The minimum atomic E-state index is -1.18. The van der Waals surface area contributed by atoms with Gasteiger partial charge in [-0.15, -0.1) is 0 Å². The molecule has 3 amide bonds. The van der Waals surface area contributed by atoms with Crippen LogP contribution >= 0.6 is 0 Å². The highest BCUT2D eigenvalue weighted by atomic mass is 16.7. The van der Waals surface area contributed by atoms with Crippen molar-refractivity contribution in [1.82, 2.24) is 26.1 Å². The molecule has 6 rings (SSSR count). The van der Waals surface area contributed by atoms with Gasteiger partial charge in [0.05, 0.1) is 37.0 Å². The van der Waals surface area contributed by atoms with Crippen LogP contribution in [0, 0.1) is 11.8 Å². The molecule has 0 aliphatic carbocycles. The van der Waals surface area contributed by atoms with E-state index in [1.54, 1.807) is 11.2 Å². The average molecular weight is 752 g/mol. The molecule has 6 atom stereocenters. The van der Waals surface area contributed by atoms with Crippen molar-refractivity contribution in [3.63, 3.8) is 0 Å². The number of nitrogens with zero attached hydrogens (tertiary/aromatic N) is 2. The molecule has 4 N–H and O–H groups in total. The molecule has 1 aromatic heterocycles. The lowest BCUT2D eigenvalue weighted by atomic mass is 10.0. The van der Waals surface area contributed by atoms with Gasteiger partial charge < -0.3 is 34.7 Å². The SMILES string of the molecule is CC(C)C(NC(=O)OCc1ccccc1)C(=O)NN(Cc1ccc(-c2ccccn2)cc1)CC(O)C(Cc1ccccc1)NC(=O)OC1COC2OCCC12. The minimum Gasteiger partial charge on any atom is -0.445 e. The molecular formula is C42H49N5O8. The summed E-state index contributed by atoms with van der Waals surface area (Å²) in [6.45, 7) is 4.57. The third-order valence-corrected chi connectivity index (χ3v) is 9.71. The first kappa shape index (κ1) is 39.4. The molecule has 55 heavy (non-hydrogen) atoms. The number of hydrogen-bond acceptors (Lipinski definition) is 10. The Morgan fingerprint density at radius 2 is 1.56 bits per heavy atom. The van der Waals surface area contributed by atoms with Gasteiger partial charge >= 0.3 is 12.2 Å². The summed E-state index contributed by atoms with van der Waals surface area (Å²) in [7, 11) is 0. The summed E-state index contributed by atoms with van der Waals surface area (Å²) in [4.78, 5) is 44.5. The quantitative estimate of drug-likeness (QED) is 0.115. The van der Waals surface area contributed by atoms with E-state index in [2.05, 4.69) is 21.0 Å². The van der Waals surface area contributed by atoms with Gasteiger partial charge in [0.1, 0.15) is 18.8 Å². The number of aliphatic hydroxyl groups excluding tert-OH is 1. The monoisotopic (exact) mass is 751 g/mol. The van der Waals surface area contributed by atoms with Crippen LogP contribution in [0.2, 0.25) is 0 Å². The van der Waals surface area contributed by atoms with E-state index in [1.165, 1.54) is 0 Å². The molecule has 2 aliphatic rings. The summed E-state index contributed by atoms with van der Waals surface area (Å²) in [5.74, 6) is -0.845. The van der Waals surface area contributed by atoms with Crippen molar-refractivity contribution in [1.29, 1.82) is 0 Å². The van der Waals surface area contributed by atoms with Gasteiger partial charge in [-0.05, 0) is 47.6 Å². The fraction of sp³-hybridized carbons (Fsp3) is 0.381. The summed E-state index contributed by atoms with van der Waals surface area (Å²) in [5, 5.41) is 19.0. The van der Waals surface area contributed by atoms with Crippen LogP contribution in [0.5, 0.6) is 0 Å². The maximum Gasteiger partial charge on any atom is 0.408 e. The molecule has 0 saturated carbocycles. The van der Waals surface area contributed by atoms with Crippen LogP contribution in [0.15, 0.2) is 109 Å². The van der Waals surface area contributed by atoms with E-state index < -0.39 is 42.4 Å². The van der Waals surface area contributed by atoms with Gasteiger partial charge in [-0.2, -0.15) is 0 Å². The van der Waals surface area contributed by atoms with Crippen molar-refractivity contribution in [2.45, 2.75) is 70.4 Å². The van der Waals surface area contributed by atoms with Crippen molar-refractivity contribution in [2.75, 3.05) is 19.8 Å². The van der Waals surface area contributed by atoms with Gasteiger partial charge in [-0.1, -0.05) is 105 Å². The fourth-order valence-corrected chi connectivity index (χ4v) is 6.71. The largest absolute Gasteiger partial charge is 0.445 e. The first-order valence-corrected chi connectivity index (χ1v) is 18.7.